The van der Waals surface area contributed by atoms with Crippen LogP contribution < -0.4 is 20.7 Å². The van der Waals surface area contributed by atoms with Gasteiger partial charge in [-0.3, -0.25) is 9.59 Å². The number of hydrogen-bond acceptors (Lipinski definition) is 11. The van der Waals surface area contributed by atoms with Gasteiger partial charge in [0.05, 0.1) is 22.8 Å². The fourth-order valence-electron chi connectivity index (χ4n) is 5.69. The van der Waals surface area contributed by atoms with Crippen molar-refractivity contribution in [2.24, 2.45) is 0 Å². The molecule has 0 saturated carbocycles. The fourth-order valence-corrected chi connectivity index (χ4v) is 6.93. The minimum absolute atomic E-state index is 0.0805. The fraction of sp³-hybridized carbons (Fsp3) is 0.324. The lowest BCUT2D eigenvalue weighted by Gasteiger charge is -2.32. The Morgan fingerprint density at radius 1 is 0.917 bits per heavy atom. The molecule has 14 heteroatoms. The second-order valence-corrected chi connectivity index (χ2v) is 14.1. The molecule has 0 radical (unpaired) electrons. The molecular formula is C34H38N8O5S. The number of rotatable bonds is 8. The van der Waals surface area contributed by atoms with Crippen molar-refractivity contribution >= 4 is 33.4 Å². The van der Waals surface area contributed by atoms with Crippen LogP contribution in [0.25, 0.3) is 11.1 Å². The van der Waals surface area contributed by atoms with Gasteiger partial charge in [-0.05, 0) is 67.6 Å². The zero-order valence-electron chi connectivity index (χ0n) is 26.9. The molecule has 4 heterocycles. The van der Waals surface area contributed by atoms with E-state index in [1.807, 2.05) is 24.3 Å². The molecule has 2 aliphatic heterocycles. The highest BCUT2D eigenvalue weighted by Gasteiger charge is 2.25. The average molecular weight is 671 g/mol. The summed E-state index contributed by atoms with van der Waals surface area (Å²) in [5, 5.41) is 2.65. The summed E-state index contributed by atoms with van der Waals surface area (Å²) in [4.78, 5) is 45.2. The molecule has 2 aromatic heterocycles. The molecule has 0 spiro atoms. The largest absolute Gasteiger partial charge is 0.491 e. The monoisotopic (exact) mass is 670 g/mol. The average Bonchev–Trinajstić information content (AvgIpc) is 3.31. The van der Waals surface area contributed by atoms with E-state index in [0.29, 0.717) is 48.3 Å². The Hall–Kier alpha value is -5.08. The summed E-state index contributed by atoms with van der Waals surface area (Å²) in [5.74, 6) is 0.724. The van der Waals surface area contributed by atoms with Gasteiger partial charge in [-0.15, -0.1) is 0 Å². The summed E-state index contributed by atoms with van der Waals surface area (Å²) in [6.07, 6.45) is 4.61. The molecule has 2 aliphatic rings. The van der Waals surface area contributed by atoms with Gasteiger partial charge < -0.3 is 30.5 Å². The van der Waals surface area contributed by atoms with E-state index >= 15 is 0 Å². The lowest BCUT2D eigenvalue weighted by molar-refractivity contribution is 0.0732. The number of likely N-dealkylation sites (N-methyl/N-ethyl adjacent to an activating group) is 1. The molecule has 0 atom stereocenters. The Kier molecular flexibility index (Phi) is 9.55. The number of pyridine rings is 1. The summed E-state index contributed by atoms with van der Waals surface area (Å²) in [7, 11) is -1.68. The predicted molar refractivity (Wildman–Crippen MR) is 182 cm³/mol. The van der Waals surface area contributed by atoms with Crippen LogP contribution in [0.4, 0.5) is 11.8 Å². The van der Waals surface area contributed by atoms with Crippen LogP contribution in [0.2, 0.25) is 0 Å². The molecule has 2 amide bonds. The molecule has 1 saturated heterocycles. The van der Waals surface area contributed by atoms with Crippen molar-refractivity contribution in [2.45, 2.75) is 18.4 Å². The number of nitrogen functional groups attached to an aromatic ring is 1. The van der Waals surface area contributed by atoms with Crippen LogP contribution in [0.1, 0.15) is 31.8 Å². The molecule has 4 aromatic rings. The number of aromatic nitrogens is 3. The number of nitrogens with two attached hydrogens (primary N) is 1. The Morgan fingerprint density at radius 2 is 1.67 bits per heavy atom. The van der Waals surface area contributed by atoms with Crippen molar-refractivity contribution in [1.29, 1.82) is 0 Å². The standard InChI is InChI=1S/C34H38N8O5S/c1-23-17-28(48(45,46)16-9-36-32(43)27-20-38-34(39-21-27)41-12-10-40(2)11-13-41)5-6-29(23)33(44)42-14-15-47-30-7-3-24(18-26(30)22-42)25-4-8-31(35)37-19-25/h3-8,17-21H,9-16,22H2,1-2H3,(H2,35,37)(H,36,43). The van der Waals surface area contributed by atoms with Gasteiger partial charge in [-0.25, -0.2) is 23.4 Å². The smallest absolute Gasteiger partial charge is 0.254 e. The van der Waals surface area contributed by atoms with Crippen LogP contribution in [-0.4, -0.2) is 104 Å². The maximum Gasteiger partial charge on any atom is 0.254 e. The molecule has 250 valence electrons. The van der Waals surface area contributed by atoms with Gasteiger partial charge >= 0.3 is 0 Å². The third kappa shape index (κ3) is 7.39. The van der Waals surface area contributed by atoms with E-state index in [0.717, 1.165) is 42.9 Å². The number of ether oxygens (including phenoxy) is 1. The molecule has 0 unspecified atom stereocenters. The molecule has 0 aliphatic carbocycles. The van der Waals surface area contributed by atoms with Crippen LogP contribution in [0, 0.1) is 6.92 Å². The molecule has 0 bridgehead atoms. The summed E-state index contributed by atoms with van der Waals surface area (Å²) in [5.41, 5.74) is 9.61. The molecule has 2 aromatic carbocycles. The molecule has 13 nitrogen and oxygen atoms in total. The molecule has 48 heavy (non-hydrogen) atoms. The molecule has 1 fully saturated rings. The van der Waals surface area contributed by atoms with E-state index in [1.54, 1.807) is 30.2 Å². The first-order chi connectivity index (χ1) is 23.1. The minimum atomic E-state index is -3.75. The number of benzene rings is 2. The number of nitrogens with one attached hydrogen (secondary N) is 1. The number of carbonyl (C=O) groups excluding carboxylic acids is 2. The first kappa shape index (κ1) is 32.8. The number of amides is 2. The number of nitrogens with zero attached hydrogens (tertiary/aromatic N) is 6. The van der Waals surface area contributed by atoms with Crippen LogP contribution in [0.15, 0.2) is 72.0 Å². The number of sulfone groups is 1. The Balaban J connectivity index is 1.07. The second kappa shape index (κ2) is 14.0. The highest BCUT2D eigenvalue weighted by Crippen LogP contribution is 2.30. The second-order valence-electron chi connectivity index (χ2n) is 12.0. The van der Waals surface area contributed by atoms with Gasteiger partial charge in [-0.1, -0.05) is 6.07 Å². The maximum absolute atomic E-state index is 13.7. The van der Waals surface area contributed by atoms with Crippen molar-refractivity contribution in [3.8, 4) is 16.9 Å². The Morgan fingerprint density at radius 3 is 2.38 bits per heavy atom. The summed E-state index contributed by atoms with van der Waals surface area (Å²) >= 11 is 0. The van der Waals surface area contributed by atoms with E-state index in [4.69, 9.17) is 10.5 Å². The van der Waals surface area contributed by atoms with E-state index in [-0.39, 0.29) is 28.7 Å². The number of aryl methyl sites for hydroxylation is 1. The Labute approximate surface area is 279 Å². The van der Waals surface area contributed by atoms with Crippen LogP contribution in [-0.2, 0) is 16.4 Å². The van der Waals surface area contributed by atoms with Crippen LogP contribution in [0.3, 0.4) is 0 Å². The van der Waals surface area contributed by atoms with Crippen molar-refractivity contribution in [3.05, 3.63) is 89.4 Å². The number of anilines is 2. The van der Waals surface area contributed by atoms with Gasteiger partial charge in [0.25, 0.3) is 11.8 Å². The summed E-state index contributed by atoms with van der Waals surface area (Å²) < 4.78 is 32.3. The number of piperazine rings is 1. The van der Waals surface area contributed by atoms with Crippen molar-refractivity contribution in [3.63, 3.8) is 0 Å². The highest BCUT2D eigenvalue weighted by molar-refractivity contribution is 7.91. The SMILES string of the molecule is Cc1cc(S(=O)(=O)CCNC(=O)c2cnc(N3CCN(C)CC3)nc2)ccc1C(=O)N1CCOc2ccc(-c3ccc(N)nc3)cc2C1. The van der Waals surface area contributed by atoms with Gasteiger partial charge in [0.15, 0.2) is 9.84 Å². The third-order valence-electron chi connectivity index (χ3n) is 8.58. The van der Waals surface area contributed by atoms with E-state index in [2.05, 4.69) is 37.1 Å². The van der Waals surface area contributed by atoms with Crippen molar-refractivity contribution in [2.75, 3.05) is 69.3 Å². The van der Waals surface area contributed by atoms with E-state index in [1.165, 1.54) is 24.5 Å². The third-order valence-corrected chi connectivity index (χ3v) is 10.3. The lowest BCUT2D eigenvalue weighted by Crippen LogP contribution is -2.45. The normalized spacial score (nSPS) is 15.3. The number of hydrogen-bond donors (Lipinski definition) is 2. The van der Waals surface area contributed by atoms with Gasteiger partial charge in [0, 0.05) is 74.5 Å². The molecule has 3 N–H and O–H groups in total. The van der Waals surface area contributed by atoms with Gasteiger partial charge in [-0.2, -0.15) is 0 Å². The summed E-state index contributed by atoms with van der Waals surface area (Å²) in [6.45, 7) is 6.08. The predicted octanol–water partition coefficient (Wildman–Crippen LogP) is 2.42. The van der Waals surface area contributed by atoms with E-state index < -0.39 is 15.7 Å². The first-order valence-electron chi connectivity index (χ1n) is 15.7. The van der Waals surface area contributed by atoms with Crippen LogP contribution in [0.5, 0.6) is 5.75 Å². The van der Waals surface area contributed by atoms with Crippen molar-refractivity contribution < 1.29 is 22.7 Å². The zero-order chi connectivity index (χ0) is 33.8. The molecular weight excluding hydrogens is 632 g/mol. The molecule has 6 rings (SSSR count). The number of fused-ring (bicyclic) bond motifs is 1. The van der Waals surface area contributed by atoms with E-state index in [9.17, 15) is 18.0 Å². The lowest BCUT2D eigenvalue weighted by atomic mass is 10.0. The quantitative estimate of drug-likeness (QED) is 0.283. The number of carbonyl (C=O) groups is 2. The minimum Gasteiger partial charge on any atom is -0.491 e. The van der Waals surface area contributed by atoms with Gasteiger partial charge in [0.1, 0.15) is 18.2 Å². The highest BCUT2D eigenvalue weighted by atomic mass is 32.2. The van der Waals surface area contributed by atoms with Crippen molar-refractivity contribution in [1.82, 2.24) is 30.1 Å². The summed E-state index contributed by atoms with van der Waals surface area (Å²) in [6, 6.07) is 13.9. The van der Waals surface area contributed by atoms with Gasteiger partial charge in [0.2, 0.25) is 5.95 Å². The first-order valence-corrected chi connectivity index (χ1v) is 17.4. The maximum atomic E-state index is 13.7. The van der Waals surface area contributed by atoms with Crippen LogP contribution >= 0.6 is 0 Å². The topological polar surface area (TPSA) is 164 Å². The Bertz CT molecular complexity index is 1910. The zero-order valence-corrected chi connectivity index (χ0v) is 27.7.